The first-order valence-corrected chi connectivity index (χ1v) is 7.24. The third-order valence-corrected chi connectivity index (χ3v) is 3.34. The smallest absolute Gasteiger partial charge is 0.224 e. The molecule has 0 spiro atoms. The van der Waals surface area contributed by atoms with Gasteiger partial charge in [-0.05, 0) is 23.3 Å². The summed E-state index contributed by atoms with van der Waals surface area (Å²) in [5, 5.41) is 13.3. The average Bonchev–Trinajstić information content (AvgIpc) is 2.46. The number of hydrogen-bond acceptors (Lipinski definition) is 2. The van der Waals surface area contributed by atoms with E-state index in [1.54, 1.807) is 12.1 Å². The highest BCUT2D eigenvalue weighted by atomic mass is 35.5. The van der Waals surface area contributed by atoms with Crippen molar-refractivity contribution in [3.63, 3.8) is 0 Å². The van der Waals surface area contributed by atoms with Gasteiger partial charge in [0.15, 0.2) is 0 Å². The number of amides is 1. The molecule has 110 valence electrons. The highest BCUT2D eigenvalue weighted by Gasteiger charge is 2.08. The number of hydrogen-bond donors (Lipinski definition) is 2. The van der Waals surface area contributed by atoms with E-state index in [0.717, 1.165) is 11.1 Å². The molecule has 0 aliphatic rings. The van der Waals surface area contributed by atoms with Gasteiger partial charge in [-0.15, -0.1) is 0 Å². The van der Waals surface area contributed by atoms with Gasteiger partial charge in [0.2, 0.25) is 5.91 Å². The fourth-order valence-electron chi connectivity index (χ4n) is 2.08. The van der Waals surface area contributed by atoms with Crippen LogP contribution >= 0.6 is 11.6 Å². The summed E-state index contributed by atoms with van der Waals surface area (Å²) in [5.41, 5.74) is 1.91. The van der Waals surface area contributed by atoms with E-state index in [1.807, 2.05) is 42.5 Å². The Balaban J connectivity index is 1.76. The Morgan fingerprint density at radius 2 is 1.81 bits per heavy atom. The van der Waals surface area contributed by atoms with Gasteiger partial charge in [-0.3, -0.25) is 4.79 Å². The van der Waals surface area contributed by atoms with E-state index in [2.05, 4.69) is 5.32 Å². The Labute approximate surface area is 129 Å². The third-order valence-electron chi connectivity index (χ3n) is 3.10. The van der Waals surface area contributed by atoms with Crippen LogP contribution in [0.2, 0.25) is 5.02 Å². The number of benzene rings is 2. The predicted molar refractivity (Wildman–Crippen MR) is 84.3 cm³/mol. The SMILES string of the molecule is O=C(Cc1cccc(Cl)c1)NCC(O)Cc1ccccc1. The quantitative estimate of drug-likeness (QED) is 0.862. The van der Waals surface area contributed by atoms with Crippen molar-refractivity contribution in [3.8, 4) is 0 Å². The summed E-state index contributed by atoms with van der Waals surface area (Å²) in [6.07, 6.45) is 0.201. The lowest BCUT2D eigenvalue weighted by molar-refractivity contribution is -0.120. The number of nitrogens with one attached hydrogen (secondary N) is 1. The van der Waals surface area contributed by atoms with Gasteiger partial charge in [-0.25, -0.2) is 0 Å². The Morgan fingerprint density at radius 3 is 2.52 bits per heavy atom. The summed E-state index contributed by atoms with van der Waals surface area (Å²) < 4.78 is 0. The highest BCUT2D eigenvalue weighted by Crippen LogP contribution is 2.11. The zero-order valence-electron chi connectivity index (χ0n) is 11.6. The molecule has 2 rings (SSSR count). The van der Waals surface area contributed by atoms with Gasteiger partial charge in [-0.2, -0.15) is 0 Å². The van der Waals surface area contributed by atoms with Gasteiger partial charge in [0.1, 0.15) is 0 Å². The molecule has 2 N–H and O–H groups in total. The van der Waals surface area contributed by atoms with Crippen LogP contribution in [-0.2, 0) is 17.6 Å². The molecule has 2 aromatic carbocycles. The maximum absolute atomic E-state index is 11.8. The van der Waals surface area contributed by atoms with E-state index >= 15 is 0 Å². The molecule has 0 saturated carbocycles. The minimum Gasteiger partial charge on any atom is -0.391 e. The van der Waals surface area contributed by atoms with Crippen molar-refractivity contribution in [2.24, 2.45) is 0 Å². The number of rotatable bonds is 6. The van der Waals surface area contributed by atoms with E-state index in [0.29, 0.717) is 11.4 Å². The second-order valence-electron chi connectivity index (χ2n) is 4.95. The van der Waals surface area contributed by atoms with Gasteiger partial charge in [0.25, 0.3) is 0 Å². The topological polar surface area (TPSA) is 49.3 Å². The summed E-state index contributed by atoms with van der Waals surface area (Å²) in [6, 6.07) is 16.9. The van der Waals surface area contributed by atoms with Crippen LogP contribution in [0.4, 0.5) is 0 Å². The summed E-state index contributed by atoms with van der Waals surface area (Å²) >= 11 is 5.87. The van der Waals surface area contributed by atoms with Crippen LogP contribution in [-0.4, -0.2) is 23.7 Å². The Bertz CT molecular complexity index is 586. The van der Waals surface area contributed by atoms with Crippen LogP contribution in [0.15, 0.2) is 54.6 Å². The molecule has 0 radical (unpaired) electrons. The molecule has 0 fully saturated rings. The van der Waals surface area contributed by atoms with Crippen molar-refractivity contribution in [3.05, 3.63) is 70.7 Å². The first-order chi connectivity index (χ1) is 10.1. The van der Waals surface area contributed by atoms with Crippen LogP contribution in [0.3, 0.4) is 0 Å². The monoisotopic (exact) mass is 303 g/mol. The van der Waals surface area contributed by atoms with Crippen molar-refractivity contribution in [1.29, 1.82) is 0 Å². The lowest BCUT2D eigenvalue weighted by Gasteiger charge is -2.12. The fourth-order valence-corrected chi connectivity index (χ4v) is 2.30. The van der Waals surface area contributed by atoms with Gasteiger partial charge in [0.05, 0.1) is 12.5 Å². The molecule has 0 aliphatic heterocycles. The lowest BCUT2D eigenvalue weighted by atomic mass is 10.1. The molecular weight excluding hydrogens is 286 g/mol. The standard InChI is InChI=1S/C17H18ClNO2/c18-15-8-4-7-14(9-15)11-17(21)19-12-16(20)10-13-5-2-1-3-6-13/h1-9,16,20H,10-12H2,(H,19,21). The van der Waals surface area contributed by atoms with Gasteiger partial charge in [0, 0.05) is 18.0 Å². The molecule has 3 nitrogen and oxygen atoms in total. The molecule has 0 aromatic heterocycles. The highest BCUT2D eigenvalue weighted by molar-refractivity contribution is 6.30. The molecule has 4 heteroatoms. The molecule has 2 aromatic rings. The van der Waals surface area contributed by atoms with Gasteiger partial charge in [-0.1, -0.05) is 54.1 Å². The van der Waals surface area contributed by atoms with Crippen LogP contribution in [0.25, 0.3) is 0 Å². The van der Waals surface area contributed by atoms with E-state index in [1.165, 1.54) is 0 Å². The van der Waals surface area contributed by atoms with Crippen LogP contribution < -0.4 is 5.32 Å². The van der Waals surface area contributed by atoms with Gasteiger partial charge < -0.3 is 10.4 Å². The van der Waals surface area contributed by atoms with Crippen LogP contribution in [0, 0.1) is 0 Å². The minimum absolute atomic E-state index is 0.121. The van der Waals surface area contributed by atoms with E-state index in [4.69, 9.17) is 11.6 Å². The molecule has 0 aliphatic carbocycles. The molecular formula is C17H18ClNO2. The van der Waals surface area contributed by atoms with E-state index < -0.39 is 6.10 Å². The second kappa shape index (κ2) is 7.81. The Hall–Kier alpha value is -1.84. The second-order valence-corrected chi connectivity index (χ2v) is 5.39. The minimum atomic E-state index is -0.587. The third kappa shape index (κ3) is 5.58. The molecule has 1 atom stereocenters. The number of aliphatic hydroxyl groups excluding tert-OH is 1. The number of halogens is 1. The van der Waals surface area contributed by atoms with E-state index in [9.17, 15) is 9.90 Å². The molecule has 1 amide bonds. The number of aliphatic hydroxyl groups is 1. The largest absolute Gasteiger partial charge is 0.391 e. The number of carbonyl (C=O) groups is 1. The lowest BCUT2D eigenvalue weighted by Crippen LogP contribution is -2.34. The van der Waals surface area contributed by atoms with Crippen molar-refractivity contribution >= 4 is 17.5 Å². The van der Waals surface area contributed by atoms with Crippen molar-refractivity contribution < 1.29 is 9.90 Å². The average molecular weight is 304 g/mol. The van der Waals surface area contributed by atoms with Crippen molar-refractivity contribution in [2.45, 2.75) is 18.9 Å². The summed E-state index contributed by atoms with van der Waals surface area (Å²) in [7, 11) is 0. The summed E-state index contributed by atoms with van der Waals surface area (Å²) in [4.78, 5) is 11.8. The first kappa shape index (κ1) is 15.5. The zero-order chi connectivity index (χ0) is 15.1. The van der Waals surface area contributed by atoms with Crippen LogP contribution in [0.1, 0.15) is 11.1 Å². The molecule has 1 unspecified atom stereocenters. The zero-order valence-corrected chi connectivity index (χ0v) is 12.4. The predicted octanol–water partition coefficient (Wildman–Crippen LogP) is 2.60. The van der Waals surface area contributed by atoms with Crippen molar-refractivity contribution in [1.82, 2.24) is 5.32 Å². The van der Waals surface area contributed by atoms with Crippen LogP contribution in [0.5, 0.6) is 0 Å². The maximum atomic E-state index is 11.8. The molecule has 0 bridgehead atoms. The van der Waals surface area contributed by atoms with Gasteiger partial charge >= 0.3 is 0 Å². The normalized spacial score (nSPS) is 11.9. The van der Waals surface area contributed by atoms with Crippen molar-refractivity contribution in [2.75, 3.05) is 6.54 Å². The molecule has 0 heterocycles. The summed E-state index contributed by atoms with van der Waals surface area (Å²) in [6.45, 7) is 0.244. The maximum Gasteiger partial charge on any atom is 0.224 e. The summed E-state index contributed by atoms with van der Waals surface area (Å²) in [5.74, 6) is -0.121. The first-order valence-electron chi connectivity index (χ1n) is 6.86. The Kier molecular flexibility index (Phi) is 5.78. The fraction of sp³-hybridized carbons (Fsp3) is 0.235. The molecule has 21 heavy (non-hydrogen) atoms. The van der Waals surface area contributed by atoms with E-state index in [-0.39, 0.29) is 18.9 Å². The number of carbonyl (C=O) groups excluding carboxylic acids is 1. The Morgan fingerprint density at radius 1 is 1.10 bits per heavy atom. The molecule has 0 saturated heterocycles.